The van der Waals surface area contributed by atoms with Crippen molar-refractivity contribution >= 4 is 27.5 Å². The van der Waals surface area contributed by atoms with Gasteiger partial charge in [0, 0.05) is 73.0 Å². The van der Waals surface area contributed by atoms with Gasteiger partial charge in [-0.1, -0.05) is 13.0 Å². The number of phenolic OH excluding ortho intramolecular Hbond substituents is 1. The zero-order valence-electron chi connectivity index (χ0n) is 27.6. The molecule has 2 unspecified atom stereocenters. The monoisotopic (exact) mass is 666 g/mol. The van der Waals surface area contributed by atoms with E-state index in [1.807, 2.05) is 6.92 Å². The van der Waals surface area contributed by atoms with Crippen LogP contribution in [0.1, 0.15) is 43.7 Å². The van der Waals surface area contributed by atoms with Crippen molar-refractivity contribution in [1.82, 2.24) is 20.2 Å². The van der Waals surface area contributed by atoms with Crippen molar-refractivity contribution < 1.29 is 23.4 Å². The summed E-state index contributed by atoms with van der Waals surface area (Å²) in [7, 11) is 0. The Bertz CT molecular complexity index is 2010. The summed E-state index contributed by atoms with van der Waals surface area (Å²) >= 11 is 0. The number of halogens is 2. The maximum absolute atomic E-state index is 17.2. The minimum absolute atomic E-state index is 0.0155. The number of ether oxygens (including phenoxy) is 2. The molecule has 1 saturated carbocycles. The number of aromatic hydroxyl groups is 1. The van der Waals surface area contributed by atoms with E-state index >= 15 is 8.78 Å². The zero-order valence-corrected chi connectivity index (χ0v) is 27.6. The number of aromatic nitrogens is 2. The van der Waals surface area contributed by atoms with E-state index in [1.54, 1.807) is 12.1 Å². The maximum Gasteiger partial charge on any atom is 0.319 e. The Balaban J connectivity index is 1.14. The molecule has 5 heterocycles. The molecule has 3 aromatic carbocycles. The fourth-order valence-corrected chi connectivity index (χ4v) is 8.99. The number of hydrogen-bond donors (Lipinski definition) is 2. The molecule has 5 aliphatic rings. The van der Waals surface area contributed by atoms with E-state index in [-0.39, 0.29) is 39.4 Å². The van der Waals surface area contributed by atoms with Crippen molar-refractivity contribution in [3.63, 3.8) is 0 Å². The Labute approximate surface area is 283 Å². The quantitative estimate of drug-likeness (QED) is 0.251. The van der Waals surface area contributed by atoms with E-state index in [9.17, 15) is 10.4 Å². The molecule has 0 amide bonds. The number of nitrogens with zero attached hydrogens (tertiary/aromatic N) is 5. The summed E-state index contributed by atoms with van der Waals surface area (Å²) in [5.41, 5.74) is 0.753. The number of piperazine rings is 1. The van der Waals surface area contributed by atoms with Crippen LogP contribution < -0.4 is 15.0 Å². The van der Waals surface area contributed by atoms with E-state index in [4.69, 9.17) is 19.4 Å². The topological polar surface area (TPSA) is 107 Å². The first-order valence-electron chi connectivity index (χ1n) is 17.6. The van der Waals surface area contributed by atoms with E-state index in [2.05, 4.69) is 21.2 Å². The largest absolute Gasteiger partial charge is 0.508 e. The summed E-state index contributed by atoms with van der Waals surface area (Å²) in [6.07, 6.45) is 4.58. The minimum Gasteiger partial charge on any atom is -0.508 e. The molecule has 2 N–H and O–H groups in total. The van der Waals surface area contributed by atoms with Crippen LogP contribution in [-0.2, 0) is 11.2 Å². The molecule has 0 radical (unpaired) electrons. The molecule has 4 aromatic rings. The van der Waals surface area contributed by atoms with Crippen LogP contribution in [0, 0.1) is 40.2 Å². The first-order chi connectivity index (χ1) is 23.8. The molecule has 4 aliphatic heterocycles. The lowest BCUT2D eigenvalue weighted by Gasteiger charge is -2.34. The summed E-state index contributed by atoms with van der Waals surface area (Å²) in [6.45, 7) is 8.43. The van der Waals surface area contributed by atoms with Gasteiger partial charge in [-0.15, -0.1) is 0 Å². The summed E-state index contributed by atoms with van der Waals surface area (Å²) in [4.78, 5) is 14.3. The number of nitriles is 1. The Morgan fingerprint density at radius 1 is 1.06 bits per heavy atom. The van der Waals surface area contributed by atoms with E-state index < -0.39 is 11.6 Å². The summed E-state index contributed by atoms with van der Waals surface area (Å²) in [5, 5.41) is 26.3. The molecular weight excluding hydrogens is 626 g/mol. The van der Waals surface area contributed by atoms with Crippen LogP contribution >= 0.6 is 0 Å². The van der Waals surface area contributed by atoms with Crippen LogP contribution in [0.5, 0.6) is 11.8 Å². The highest BCUT2D eigenvalue weighted by atomic mass is 19.1. The molecule has 4 atom stereocenters. The predicted octanol–water partition coefficient (Wildman–Crippen LogP) is 5.55. The molecule has 0 spiro atoms. The van der Waals surface area contributed by atoms with Crippen LogP contribution in [-0.4, -0.2) is 84.6 Å². The Morgan fingerprint density at radius 2 is 1.82 bits per heavy atom. The number of likely N-dealkylation sites (tertiary alicyclic amines) is 1. The van der Waals surface area contributed by atoms with Crippen LogP contribution in [0.2, 0.25) is 0 Å². The molecule has 5 fully saturated rings. The fourth-order valence-electron chi connectivity index (χ4n) is 8.99. The number of aryl methyl sites for hydroxylation is 1. The molecule has 254 valence electrons. The molecule has 1 aliphatic carbocycles. The van der Waals surface area contributed by atoms with Crippen molar-refractivity contribution in [2.45, 2.75) is 51.1 Å². The van der Waals surface area contributed by atoms with Gasteiger partial charge in [0.05, 0.1) is 31.5 Å². The summed E-state index contributed by atoms with van der Waals surface area (Å²) in [6, 6.07) is 10.4. The SMILES string of the molecule is CCc1c(F)ccc2cc(O)cc(-c3c(C#N)cc4c(N5CC6CCC(C5)N6)nc(OCC5(CN6C[C@H]7COC[C@H]7C6)CC5)nc4c3F)c12. The van der Waals surface area contributed by atoms with Gasteiger partial charge in [-0.2, -0.15) is 15.2 Å². The predicted molar refractivity (Wildman–Crippen MR) is 182 cm³/mol. The first kappa shape index (κ1) is 30.9. The number of phenols is 1. The van der Waals surface area contributed by atoms with Gasteiger partial charge < -0.3 is 29.7 Å². The van der Waals surface area contributed by atoms with Gasteiger partial charge in [0.2, 0.25) is 0 Å². The average Bonchev–Trinajstić information content (AvgIpc) is 3.34. The second-order valence-corrected chi connectivity index (χ2v) is 15.0. The Kier molecular flexibility index (Phi) is 7.41. The molecular formula is C38H40F2N6O3. The first-order valence-corrected chi connectivity index (χ1v) is 17.6. The molecule has 1 aromatic heterocycles. The van der Waals surface area contributed by atoms with Crippen molar-refractivity contribution in [2.75, 3.05) is 57.4 Å². The van der Waals surface area contributed by atoms with Crippen LogP contribution in [0.25, 0.3) is 32.8 Å². The van der Waals surface area contributed by atoms with Crippen molar-refractivity contribution in [3.8, 4) is 29.0 Å². The summed E-state index contributed by atoms with van der Waals surface area (Å²) in [5.74, 6) is 0.536. The van der Waals surface area contributed by atoms with Gasteiger partial charge in [-0.3, -0.25) is 0 Å². The molecule has 49 heavy (non-hydrogen) atoms. The van der Waals surface area contributed by atoms with Crippen LogP contribution in [0.15, 0.2) is 30.3 Å². The second-order valence-electron chi connectivity index (χ2n) is 15.0. The summed E-state index contributed by atoms with van der Waals surface area (Å²) < 4.78 is 44.5. The van der Waals surface area contributed by atoms with Crippen LogP contribution in [0.4, 0.5) is 14.6 Å². The van der Waals surface area contributed by atoms with E-state index in [0.717, 1.165) is 58.5 Å². The minimum atomic E-state index is -0.717. The zero-order chi connectivity index (χ0) is 33.4. The molecule has 9 nitrogen and oxygen atoms in total. The van der Waals surface area contributed by atoms with Gasteiger partial charge >= 0.3 is 6.01 Å². The van der Waals surface area contributed by atoms with Gasteiger partial charge in [0.25, 0.3) is 0 Å². The Hall–Kier alpha value is -4.11. The van der Waals surface area contributed by atoms with Crippen molar-refractivity contribution in [3.05, 3.63) is 53.1 Å². The molecule has 2 bridgehead atoms. The number of anilines is 1. The Morgan fingerprint density at radius 3 is 2.51 bits per heavy atom. The smallest absolute Gasteiger partial charge is 0.319 e. The van der Waals surface area contributed by atoms with Crippen LogP contribution in [0.3, 0.4) is 0 Å². The lowest BCUT2D eigenvalue weighted by Crippen LogP contribution is -2.51. The van der Waals surface area contributed by atoms with Gasteiger partial charge in [-0.25, -0.2) is 8.78 Å². The van der Waals surface area contributed by atoms with E-state index in [1.165, 1.54) is 18.2 Å². The molecule has 4 saturated heterocycles. The highest BCUT2D eigenvalue weighted by Gasteiger charge is 2.48. The third kappa shape index (κ3) is 5.36. The van der Waals surface area contributed by atoms with Crippen molar-refractivity contribution in [2.24, 2.45) is 17.3 Å². The van der Waals surface area contributed by atoms with Gasteiger partial charge in [0.1, 0.15) is 22.9 Å². The average molecular weight is 667 g/mol. The number of rotatable bonds is 8. The maximum atomic E-state index is 17.2. The fraction of sp³-hybridized carbons (Fsp3) is 0.500. The highest BCUT2D eigenvalue weighted by Crippen LogP contribution is 2.48. The third-order valence-corrected chi connectivity index (χ3v) is 11.6. The third-order valence-electron chi connectivity index (χ3n) is 11.6. The standard InChI is InChI=1S/C38H40F2N6O3/c1-2-28-31(39)6-3-21-9-27(47)11-29(32(21)28)33-22(12-41)10-30-35(34(33)40)43-37(44-36(30)46-15-25-4-5-26(16-46)42-25)49-20-38(7-8-38)19-45-13-23-17-48-18-24(23)14-45/h3,6,9-11,23-26,42,47H,2,4-5,7-8,13-20H2,1H3/t23-,24+,25?,26?. The lowest BCUT2D eigenvalue weighted by molar-refractivity contribution is 0.131. The number of fused-ring (bicyclic) bond motifs is 5. The second kappa shape index (κ2) is 11.8. The van der Waals surface area contributed by atoms with Crippen molar-refractivity contribution in [1.29, 1.82) is 5.26 Å². The van der Waals surface area contributed by atoms with E-state index in [0.29, 0.717) is 77.6 Å². The number of benzene rings is 3. The molecule has 9 rings (SSSR count). The highest BCUT2D eigenvalue weighted by molar-refractivity contribution is 6.04. The van der Waals surface area contributed by atoms with Gasteiger partial charge in [-0.05, 0) is 78.3 Å². The number of hydrogen-bond acceptors (Lipinski definition) is 9. The number of nitrogens with one attached hydrogen (secondary N) is 1. The van der Waals surface area contributed by atoms with Gasteiger partial charge in [0.15, 0.2) is 5.82 Å². The normalized spacial score (nSPS) is 25.6. The lowest BCUT2D eigenvalue weighted by atomic mass is 9.89. The molecule has 11 heteroatoms.